The molecule has 0 aliphatic rings. The van der Waals surface area contributed by atoms with E-state index in [4.69, 9.17) is 11.6 Å². The van der Waals surface area contributed by atoms with Gasteiger partial charge in [-0.1, -0.05) is 0 Å². The van der Waals surface area contributed by atoms with Gasteiger partial charge in [0.25, 0.3) is 0 Å². The van der Waals surface area contributed by atoms with Crippen LogP contribution < -0.4 is 0 Å². The average Bonchev–Trinajstić information content (AvgIpc) is 2.14. The van der Waals surface area contributed by atoms with Gasteiger partial charge in [-0.2, -0.15) is 5.10 Å². The molecule has 0 radical (unpaired) electrons. The highest BCUT2D eigenvalue weighted by Crippen LogP contribution is 2.03. The molecule has 0 saturated carbocycles. The van der Waals surface area contributed by atoms with Crippen molar-refractivity contribution in [2.75, 3.05) is 0 Å². The second-order valence-corrected chi connectivity index (χ2v) is 1.93. The molecule has 1 N–H and O–H groups in total. The van der Waals surface area contributed by atoms with Crippen LogP contribution in [0.3, 0.4) is 0 Å². The summed E-state index contributed by atoms with van der Waals surface area (Å²) in [4.78, 5) is 0. The van der Waals surface area contributed by atoms with Gasteiger partial charge in [0.2, 0.25) is 0 Å². The molecule has 0 fully saturated rings. The maximum atomic E-state index is 5.50. The smallest absolute Gasteiger partial charge is 0.0644 e. The fraction of sp³-hybridized carbons (Fsp3) is 0.400. The predicted molar refractivity (Wildman–Crippen MR) is 40.1 cm³/mol. The van der Waals surface area contributed by atoms with E-state index >= 15 is 0 Å². The summed E-state index contributed by atoms with van der Waals surface area (Å²) in [6.45, 7) is 1.97. The van der Waals surface area contributed by atoms with E-state index in [0.29, 0.717) is 5.88 Å². The summed E-state index contributed by atoms with van der Waals surface area (Å²) in [5.74, 6) is 0.520. The quantitative estimate of drug-likeness (QED) is 0.635. The zero-order chi connectivity index (χ0) is 5.98. The summed E-state index contributed by atoms with van der Waals surface area (Å²) in [5.41, 5.74) is 2.13. The molecule has 1 heterocycles. The Kier molecular flexibility index (Phi) is 3.66. The third kappa shape index (κ3) is 1.88. The SMILES string of the molecule is Cc1cn[nH]c1CCl.Cl. The fourth-order valence-corrected chi connectivity index (χ4v) is 0.779. The Bertz CT molecular complexity index is 173. The lowest BCUT2D eigenvalue weighted by molar-refractivity contribution is 1.03. The number of nitrogens with zero attached hydrogens (tertiary/aromatic N) is 1. The van der Waals surface area contributed by atoms with Gasteiger partial charge in [0.15, 0.2) is 0 Å². The summed E-state index contributed by atoms with van der Waals surface area (Å²) in [7, 11) is 0. The topological polar surface area (TPSA) is 28.7 Å². The van der Waals surface area contributed by atoms with Gasteiger partial charge in [-0.05, 0) is 12.5 Å². The van der Waals surface area contributed by atoms with Crippen molar-refractivity contribution >= 4 is 24.0 Å². The number of rotatable bonds is 1. The maximum Gasteiger partial charge on any atom is 0.0644 e. The van der Waals surface area contributed by atoms with Gasteiger partial charge in [0.1, 0.15) is 0 Å². The van der Waals surface area contributed by atoms with Crippen LogP contribution in [0.1, 0.15) is 11.3 Å². The van der Waals surface area contributed by atoms with Gasteiger partial charge in [-0.3, -0.25) is 5.10 Å². The number of aromatic nitrogens is 2. The third-order valence-corrected chi connectivity index (χ3v) is 1.33. The Morgan fingerprint density at radius 3 is 2.67 bits per heavy atom. The van der Waals surface area contributed by atoms with Crippen molar-refractivity contribution in [3.63, 3.8) is 0 Å². The van der Waals surface area contributed by atoms with Crippen molar-refractivity contribution in [1.82, 2.24) is 10.2 Å². The number of aryl methyl sites for hydroxylation is 1. The second kappa shape index (κ2) is 3.75. The summed E-state index contributed by atoms with van der Waals surface area (Å²) in [6, 6.07) is 0. The van der Waals surface area contributed by atoms with E-state index in [9.17, 15) is 0 Å². The van der Waals surface area contributed by atoms with E-state index < -0.39 is 0 Å². The Labute approximate surface area is 65.0 Å². The molecule has 52 valence electrons. The molecular formula is C5H8Cl2N2. The molecule has 0 spiro atoms. The number of aromatic amines is 1. The van der Waals surface area contributed by atoms with E-state index in [2.05, 4.69) is 10.2 Å². The van der Waals surface area contributed by atoms with E-state index in [1.165, 1.54) is 0 Å². The molecular weight excluding hydrogens is 159 g/mol. The first-order valence-electron chi connectivity index (χ1n) is 2.39. The summed E-state index contributed by atoms with van der Waals surface area (Å²) < 4.78 is 0. The molecule has 1 rings (SSSR count). The van der Waals surface area contributed by atoms with E-state index in [1.807, 2.05) is 6.92 Å². The highest BCUT2D eigenvalue weighted by atomic mass is 35.5. The molecule has 9 heavy (non-hydrogen) atoms. The van der Waals surface area contributed by atoms with Gasteiger partial charge < -0.3 is 0 Å². The second-order valence-electron chi connectivity index (χ2n) is 1.67. The Hall–Kier alpha value is -0.210. The van der Waals surface area contributed by atoms with Crippen molar-refractivity contribution < 1.29 is 0 Å². The van der Waals surface area contributed by atoms with E-state index in [0.717, 1.165) is 11.3 Å². The molecule has 0 saturated heterocycles. The Morgan fingerprint density at radius 2 is 2.44 bits per heavy atom. The van der Waals surface area contributed by atoms with Crippen molar-refractivity contribution in [2.45, 2.75) is 12.8 Å². The molecule has 0 bridgehead atoms. The Balaban J connectivity index is 0.000000640. The molecule has 2 nitrogen and oxygen atoms in total. The number of nitrogens with one attached hydrogen (secondary N) is 1. The molecule has 4 heteroatoms. The third-order valence-electron chi connectivity index (χ3n) is 1.07. The standard InChI is InChI=1S/C5H7ClN2.ClH/c1-4-3-7-8-5(4)2-6;/h3H,2H2,1H3,(H,7,8);1H. The number of H-pyrrole nitrogens is 1. The largest absolute Gasteiger partial charge is 0.281 e. The monoisotopic (exact) mass is 166 g/mol. The lowest BCUT2D eigenvalue weighted by Gasteiger charge is -1.85. The van der Waals surface area contributed by atoms with Crippen LogP contribution in [0.5, 0.6) is 0 Å². The minimum atomic E-state index is 0. The summed E-state index contributed by atoms with van der Waals surface area (Å²) >= 11 is 5.50. The molecule has 1 aromatic rings. The van der Waals surface area contributed by atoms with Crippen molar-refractivity contribution in [1.29, 1.82) is 0 Å². The molecule has 0 aromatic carbocycles. The first-order valence-corrected chi connectivity index (χ1v) is 2.93. The zero-order valence-electron chi connectivity index (χ0n) is 5.02. The summed E-state index contributed by atoms with van der Waals surface area (Å²) in [6.07, 6.45) is 1.76. The number of halogens is 2. The van der Waals surface area contributed by atoms with Gasteiger partial charge in [0, 0.05) is 0 Å². The van der Waals surface area contributed by atoms with Crippen molar-refractivity contribution in [3.05, 3.63) is 17.5 Å². The molecule has 0 amide bonds. The molecule has 0 aliphatic heterocycles. The van der Waals surface area contributed by atoms with Crippen LogP contribution in [0, 0.1) is 6.92 Å². The lowest BCUT2D eigenvalue weighted by Crippen LogP contribution is -1.78. The first kappa shape index (κ1) is 8.79. The van der Waals surface area contributed by atoms with Crippen molar-refractivity contribution in [2.24, 2.45) is 0 Å². The lowest BCUT2D eigenvalue weighted by atomic mass is 10.3. The van der Waals surface area contributed by atoms with Gasteiger partial charge in [-0.15, -0.1) is 24.0 Å². The number of hydrogen-bond acceptors (Lipinski definition) is 1. The van der Waals surface area contributed by atoms with Gasteiger partial charge in [0.05, 0.1) is 17.8 Å². The predicted octanol–water partition coefficient (Wildman–Crippen LogP) is 1.88. The van der Waals surface area contributed by atoms with Crippen LogP contribution in [-0.2, 0) is 5.88 Å². The number of hydrogen-bond donors (Lipinski definition) is 1. The van der Waals surface area contributed by atoms with Crippen LogP contribution in [-0.4, -0.2) is 10.2 Å². The van der Waals surface area contributed by atoms with Crippen LogP contribution in [0.15, 0.2) is 6.20 Å². The van der Waals surface area contributed by atoms with Crippen molar-refractivity contribution in [3.8, 4) is 0 Å². The number of alkyl halides is 1. The highest BCUT2D eigenvalue weighted by Gasteiger charge is 1.94. The highest BCUT2D eigenvalue weighted by molar-refractivity contribution is 6.16. The minimum absolute atomic E-state index is 0. The Morgan fingerprint density at radius 1 is 1.78 bits per heavy atom. The molecule has 0 aliphatic carbocycles. The van der Waals surface area contributed by atoms with Crippen LogP contribution in [0.4, 0.5) is 0 Å². The normalized spacial score (nSPS) is 8.67. The van der Waals surface area contributed by atoms with Crippen LogP contribution in [0.25, 0.3) is 0 Å². The molecule has 0 unspecified atom stereocenters. The minimum Gasteiger partial charge on any atom is -0.281 e. The van der Waals surface area contributed by atoms with Gasteiger partial charge >= 0.3 is 0 Å². The fourth-order valence-electron chi connectivity index (χ4n) is 0.508. The molecule has 0 atom stereocenters. The average molecular weight is 167 g/mol. The first-order chi connectivity index (χ1) is 3.84. The van der Waals surface area contributed by atoms with E-state index in [-0.39, 0.29) is 12.4 Å². The van der Waals surface area contributed by atoms with Crippen LogP contribution in [0.2, 0.25) is 0 Å². The van der Waals surface area contributed by atoms with Gasteiger partial charge in [-0.25, -0.2) is 0 Å². The van der Waals surface area contributed by atoms with E-state index in [1.54, 1.807) is 6.20 Å². The summed E-state index contributed by atoms with van der Waals surface area (Å²) in [5, 5.41) is 6.56. The zero-order valence-corrected chi connectivity index (χ0v) is 6.59. The maximum absolute atomic E-state index is 5.50. The van der Waals surface area contributed by atoms with Crippen LogP contribution >= 0.6 is 24.0 Å². The molecule has 1 aromatic heterocycles.